The number of ether oxygens (including phenoxy) is 1. The highest BCUT2D eigenvalue weighted by molar-refractivity contribution is 5.78. The fourth-order valence-electron chi connectivity index (χ4n) is 3.69. The number of benzene rings is 1. The third-order valence-electron chi connectivity index (χ3n) is 5.35. The summed E-state index contributed by atoms with van der Waals surface area (Å²) in [4.78, 5) is 16.7. The molecule has 1 N–H and O–H groups in total. The molecule has 26 heavy (non-hydrogen) atoms. The van der Waals surface area contributed by atoms with Crippen molar-refractivity contribution < 1.29 is 9.53 Å². The lowest BCUT2D eigenvalue weighted by Gasteiger charge is -2.36. The van der Waals surface area contributed by atoms with Crippen LogP contribution in [-0.4, -0.2) is 57.2 Å². The number of amides is 1. The Labute approximate surface area is 157 Å². The highest BCUT2D eigenvalue weighted by Gasteiger charge is 2.20. The van der Waals surface area contributed by atoms with Gasteiger partial charge in [-0.05, 0) is 62.9 Å². The first-order valence-electron chi connectivity index (χ1n) is 9.81. The maximum Gasteiger partial charge on any atom is 0.236 e. The number of carbonyl (C=O) groups excluding carboxylic acids is 1. The van der Waals surface area contributed by atoms with Crippen LogP contribution in [0, 0.1) is 0 Å². The quantitative estimate of drug-likeness (QED) is 0.602. The summed E-state index contributed by atoms with van der Waals surface area (Å²) in [7, 11) is 1.68. The molecular formula is C21H31N3O2. The van der Waals surface area contributed by atoms with Gasteiger partial charge in [0.25, 0.3) is 0 Å². The van der Waals surface area contributed by atoms with E-state index in [1.165, 1.54) is 31.4 Å². The van der Waals surface area contributed by atoms with Crippen molar-refractivity contribution in [1.82, 2.24) is 10.2 Å². The van der Waals surface area contributed by atoms with Crippen LogP contribution in [0.3, 0.4) is 0 Å². The van der Waals surface area contributed by atoms with E-state index in [4.69, 9.17) is 4.74 Å². The standard InChI is InChI=1S/C21H31N3O2/c1-26-20-9-7-19(8-10-20)23-13-15-24(16-14-23)21(25)17-22-12-11-18-5-3-2-4-6-18/h5,7-10,22H,2-4,6,11-17H2,1H3. The van der Waals surface area contributed by atoms with Gasteiger partial charge in [-0.1, -0.05) is 11.6 Å². The molecule has 1 amide bonds. The van der Waals surface area contributed by atoms with E-state index in [0.29, 0.717) is 6.54 Å². The van der Waals surface area contributed by atoms with E-state index in [1.807, 2.05) is 17.0 Å². The molecule has 1 aromatic rings. The molecule has 0 bridgehead atoms. The summed E-state index contributed by atoms with van der Waals surface area (Å²) in [6.45, 7) is 4.70. The van der Waals surface area contributed by atoms with Crippen molar-refractivity contribution >= 4 is 11.6 Å². The van der Waals surface area contributed by atoms with Gasteiger partial charge < -0.3 is 19.9 Å². The topological polar surface area (TPSA) is 44.8 Å². The minimum atomic E-state index is 0.219. The molecule has 142 valence electrons. The molecule has 5 heteroatoms. The molecule has 0 atom stereocenters. The smallest absolute Gasteiger partial charge is 0.236 e. The zero-order valence-electron chi connectivity index (χ0n) is 15.9. The Morgan fingerprint density at radius 2 is 1.88 bits per heavy atom. The summed E-state index contributed by atoms with van der Waals surface area (Å²) in [5.41, 5.74) is 2.75. The lowest BCUT2D eigenvalue weighted by Crippen LogP contribution is -2.50. The maximum atomic E-state index is 12.4. The molecule has 0 aromatic heterocycles. The first-order valence-corrected chi connectivity index (χ1v) is 9.81. The van der Waals surface area contributed by atoms with Crippen LogP contribution in [0.15, 0.2) is 35.9 Å². The van der Waals surface area contributed by atoms with Gasteiger partial charge in [0.2, 0.25) is 5.91 Å². The zero-order valence-corrected chi connectivity index (χ0v) is 15.9. The Bertz CT molecular complexity index is 604. The van der Waals surface area contributed by atoms with E-state index >= 15 is 0 Å². The van der Waals surface area contributed by atoms with Crippen LogP contribution in [0.4, 0.5) is 5.69 Å². The highest BCUT2D eigenvalue weighted by Crippen LogP contribution is 2.21. The molecule has 1 fully saturated rings. The number of allylic oxidation sites excluding steroid dienone is 1. The molecule has 0 saturated carbocycles. The lowest BCUT2D eigenvalue weighted by molar-refractivity contribution is -0.130. The van der Waals surface area contributed by atoms with Crippen molar-refractivity contribution in [1.29, 1.82) is 0 Å². The van der Waals surface area contributed by atoms with E-state index in [2.05, 4.69) is 28.4 Å². The van der Waals surface area contributed by atoms with Crippen LogP contribution >= 0.6 is 0 Å². The van der Waals surface area contributed by atoms with Crippen LogP contribution in [0.2, 0.25) is 0 Å². The van der Waals surface area contributed by atoms with Crippen LogP contribution in [0.5, 0.6) is 5.75 Å². The molecule has 1 saturated heterocycles. The van der Waals surface area contributed by atoms with Gasteiger partial charge in [-0.15, -0.1) is 0 Å². The highest BCUT2D eigenvalue weighted by atomic mass is 16.5. The minimum absolute atomic E-state index is 0.219. The first kappa shape index (κ1) is 18.8. The molecule has 0 unspecified atom stereocenters. The average molecular weight is 357 g/mol. The fraction of sp³-hybridized carbons (Fsp3) is 0.571. The fourth-order valence-corrected chi connectivity index (χ4v) is 3.69. The normalized spacial score (nSPS) is 17.8. The Morgan fingerprint density at radius 3 is 2.54 bits per heavy atom. The predicted octanol–water partition coefficient (Wildman–Crippen LogP) is 2.82. The number of piperazine rings is 1. The number of carbonyl (C=O) groups is 1. The molecule has 0 spiro atoms. The van der Waals surface area contributed by atoms with Crippen molar-refractivity contribution in [3.05, 3.63) is 35.9 Å². The Kier molecular flexibility index (Phi) is 6.95. The molecular weight excluding hydrogens is 326 g/mol. The number of methoxy groups -OCH3 is 1. The average Bonchev–Trinajstić information content (AvgIpc) is 2.72. The lowest BCUT2D eigenvalue weighted by atomic mass is 9.97. The Morgan fingerprint density at radius 1 is 1.12 bits per heavy atom. The Balaban J connectivity index is 1.35. The van der Waals surface area contributed by atoms with Gasteiger partial charge in [0.05, 0.1) is 13.7 Å². The number of nitrogens with zero attached hydrogens (tertiary/aromatic N) is 2. The maximum absolute atomic E-state index is 12.4. The second-order valence-electron chi connectivity index (χ2n) is 7.10. The predicted molar refractivity (Wildman–Crippen MR) is 106 cm³/mol. The molecule has 1 aliphatic carbocycles. The third kappa shape index (κ3) is 5.24. The van der Waals surface area contributed by atoms with Crippen molar-refractivity contribution in [3.8, 4) is 5.75 Å². The summed E-state index contributed by atoms with van der Waals surface area (Å²) in [5.74, 6) is 1.09. The minimum Gasteiger partial charge on any atom is -0.497 e. The summed E-state index contributed by atoms with van der Waals surface area (Å²) < 4.78 is 5.21. The van der Waals surface area contributed by atoms with E-state index < -0.39 is 0 Å². The molecule has 1 aliphatic heterocycles. The number of anilines is 1. The number of nitrogens with one attached hydrogen (secondary N) is 1. The summed E-state index contributed by atoms with van der Waals surface area (Å²) in [5, 5.41) is 3.33. The van der Waals surface area contributed by atoms with E-state index in [1.54, 1.807) is 12.7 Å². The molecule has 2 aliphatic rings. The van der Waals surface area contributed by atoms with Crippen LogP contribution in [0.25, 0.3) is 0 Å². The third-order valence-corrected chi connectivity index (χ3v) is 5.35. The molecule has 3 rings (SSSR count). The van der Waals surface area contributed by atoms with Crippen LogP contribution in [0.1, 0.15) is 32.1 Å². The molecule has 0 radical (unpaired) electrons. The molecule has 5 nitrogen and oxygen atoms in total. The second kappa shape index (κ2) is 9.62. The zero-order chi connectivity index (χ0) is 18.2. The van der Waals surface area contributed by atoms with Crippen molar-refractivity contribution in [2.75, 3.05) is 51.3 Å². The van der Waals surface area contributed by atoms with Gasteiger partial charge in [-0.3, -0.25) is 4.79 Å². The van der Waals surface area contributed by atoms with E-state index in [0.717, 1.165) is 44.9 Å². The second-order valence-corrected chi connectivity index (χ2v) is 7.10. The summed E-state index contributed by atoms with van der Waals surface area (Å²) >= 11 is 0. The largest absolute Gasteiger partial charge is 0.497 e. The van der Waals surface area contributed by atoms with Gasteiger partial charge in [-0.2, -0.15) is 0 Å². The van der Waals surface area contributed by atoms with E-state index in [9.17, 15) is 4.79 Å². The molecule has 1 aromatic carbocycles. The number of hydrogen-bond acceptors (Lipinski definition) is 4. The van der Waals surface area contributed by atoms with Gasteiger partial charge in [0, 0.05) is 31.9 Å². The van der Waals surface area contributed by atoms with Crippen LogP contribution < -0.4 is 15.0 Å². The number of rotatable bonds is 7. The van der Waals surface area contributed by atoms with Crippen LogP contribution in [-0.2, 0) is 4.79 Å². The summed E-state index contributed by atoms with van der Waals surface area (Å²) in [6.07, 6.45) is 8.58. The monoisotopic (exact) mass is 357 g/mol. The van der Waals surface area contributed by atoms with E-state index in [-0.39, 0.29) is 5.91 Å². The molecule has 1 heterocycles. The number of hydrogen-bond donors (Lipinski definition) is 1. The van der Waals surface area contributed by atoms with Crippen molar-refractivity contribution in [2.24, 2.45) is 0 Å². The van der Waals surface area contributed by atoms with Crippen molar-refractivity contribution in [3.63, 3.8) is 0 Å². The van der Waals surface area contributed by atoms with Gasteiger partial charge in [0.15, 0.2) is 0 Å². The SMILES string of the molecule is COc1ccc(N2CCN(C(=O)CNCCC3=CCCCC3)CC2)cc1. The van der Waals surface area contributed by atoms with Gasteiger partial charge in [-0.25, -0.2) is 0 Å². The Hall–Kier alpha value is -2.01. The van der Waals surface area contributed by atoms with Gasteiger partial charge in [0.1, 0.15) is 5.75 Å². The van der Waals surface area contributed by atoms with Gasteiger partial charge >= 0.3 is 0 Å². The van der Waals surface area contributed by atoms with Crippen molar-refractivity contribution in [2.45, 2.75) is 32.1 Å². The summed E-state index contributed by atoms with van der Waals surface area (Å²) in [6, 6.07) is 8.13. The first-order chi connectivity index (χ1) is 12.8.